The van der Waals surface area contributed by atoms with E-state index in [0.717, 1.165) is 18.6 Å². The van der Waals surface area contributed by atoms with E-state index in [4.69, 9.17) is 4.74 Å². The number of nitrogens with one attached hydrogen (secondary N) is 2. The van der Waals surface area contributed by atoms with Crippen LogP contribution in [0.4, 0.5) is 13.2 Å². The number of rotatable bonds is 6. The van der Waals surface area contributed by atoms with E-state index in [1.165, 1.54) is 12.1 Å². The molecule has 1 rings (SSSR count). The molecule has 0 spiro atoms. The van der Waals surface area contributed by atoms with Gasteiger partial charge >= 0.3 is 6.18 Å². The summed E-state index contributed by atoms with van der Waals surface area (Å²) in [6, 6.07) is 5.13. The Morgan fingerprint density at radius 3 is 2.68 bits per heavy atom. The van der Waals surface area contributed by atoms with Gasteiger partial charge in [0.15, 0.2) is 5.96 Å². The minimum atomic E-state index is -4.36. The van der Waals surface area contributed by atoms with E-state index < -0.39 is 11.7 Å². The van der Waals surface area contributed by atoms with Crippen LogP contribution in [0.25, 0.3) is 0 Å². The Morgan fingerprint density at radius 2 is 2.09 bits per heavy atom. The average Bonchev–Trinajstić information content (AvgIpc) is 2.49. The van der Waals surface area contributed by atoms with Crippen molar-refractivity contribution in [1.29, 1.82) is 0 Å². The van der Waals surface area contributed by atoms with Crippen LogP contribution in [0.5, 0.6) is 5.75 Å². The standard InChI is InChI=1S/C15H22F3N3O/c1-4-11(2)21-14(19-3)20-8-9-22-13-7-5-6-12(10-13)15(16,17)18/h5-7,10-11H,4,8-9H2,1-3H3,(H2,19,20,21). The van der Waals surface area contributed by atoms with Gasteiger partial charge in [0.05, 0.1) is 12.1 Å². The summed E-state index contributed by atoms with van der Waals surface area (Å²) >= 11 is 0. The Bertz CT molecular complexity index is 489. The molecule has 0 heterocycles. The summed E-state index contributed by atoms with van der Waals surface area (Å²) in [6.45, 7) is 4.77. The van der Waals surface area contributed by atoms with E-state index in [9.17, 15) is 13.2 Å². The van der Waals surface area contributed by atoms with E-state index in [1.54, 1.807) is 7.05 Å². The summed E-state index contributed by atoms with van der Waals surface area (Å²) in [5, 5.41) is 6.22. The fourth-order valence-electron chi connectivity index (χ4n) is 1.63. The first kappa shape index (κ1) is 18.1. The van der Waals surface area contributed by atoms with Gasteiger partial charge in [0.2, 0.25) is 0 Å². The van der Waals surface area contributed by atoms with Gasteiger partial charge < -0.3 is 15.4 Å². The van der Waals surface area contributed by atoms with Gasteiger partial charge in [0.1, 0.15) is 12.4 Å². The van der Waals surface area contributed by atoms with Crippen LogP contribution in [0.1, 0.15) is 25.8 Å². The summed E-state index contributed by atoms with van der Waals surface area (Å²) in [4.78, 5) is 4.06. The second-order valence-corrected chi connectivity index (χ2v) is 4.83. The fourth-order valence-corrected chi connectivity index (χ4v) is 1.63. The molecule has 0 fully saturated rings. The normalized spacial score (nSPS) is 13.6. The van der Waals surface area contributed by atoms with Gasteiger partial charge in [-0.3, -0.25) is 4.99 Å². The van der Waals surface area contributed by atoms with Crippen molar-refractivity contribution in [2.75, 3.05) is 20.2 Å². The van der Waals surface area contributed by atoms with Crippen molar-refractivity contribution < 1.29 is 17.9 Å². The number of hydrogen-bond acceptors (Lipinski definition) is 2. The molecule has 0 saturated heterocycles. The number of benzene rings is 1. The predicted molar refractivity (Wildman–Crippen MR) is 81.2 cm³/mol. The van der Waals surface area contributed by atoms with Crippen molar-refractivity contribution in [1.82, 2.24) is 10.6 Å². The lowest BCUT2D eigenvalue weighted by molar-refractivity contribution is -0.137. The summed E-state index contributed by atoms with van der Waals surface area (Å²) < 4.78 is 43.0. The molecule has 0 aliphatic rings. The third kappa shape index (κ3) is 6.24. The molecule has 1 atom stereocenters. The smallest absolute Gasteiger partial charge is 0.416 e. The third-order valence-corrected chi connectivity index (χ3v) is 3.04. The first-order valence-corrected chi connectivity index (χ1v) is 7.14. The molecular formula is C15H22F3N3O. The van der Waals surface area contributed by atoms with Gasteiger partial charge in [-0.2, -0.15) is 13.2 Å². The van der Waals surface area contributed by atoms with E-state index in [0.29, 0.717) is 12.5 Å². The largest absolute Gasteiger partial charge is 0.492 e. The lowest BCUT2D eigenvalue weighted by Gasteiger charge is -2.16. The van der Waals surface area contributed by atoms with Gasteiger partial charge in [-0.25, -0.2) is 0 Å². The highest BCUT2D eigenvalue weighted by atomic mass is 19.4. The topological polar surface area (TPSA) is 45.7 Å². The second-order valence-electron chi connectivity index (χ2n) is 4.83. The quantitative estimate of drug-likeness (QED) is 0.481. The molecule has 2 N–H and O–H groups in total. The van der Waals surface area contributed by atoms with E-state index in [-0.39, 0.29) is 18.4 Å². The van der Waals surface area contributed by atoms with Crippen molar-refractivity contribution in [3.05, 3.63) is 29.8 Å². The summed E-state index contributed by atoms with van der Waals surface area (Å²) in [6.07, 6.45) is -3.40. The minimum absolute atomic E-state index is 0.196. The molecule has 1 unspecified atom stereocenters. The van der Waals surface area contributed by atoms with Gasteiger partial charge in [0.25, 0.3) is 0 Å². The number of ether oxygens (including phenoxy) is 1. The maximum Gasteiger partial charge on any atom is 0.416 e. The maximum atomic E-state index is 12.6. The molecule has 124 valence electrons. The van der Waals surface area contributed by atoms with Gasteiger partial charge in [-0.05, 0) is 31.5 Å². The van der Waals surface area contributed by atoms with Crippen molar-refractivity contribution in [2.45, 2.75) is 32.5 Å². The number of aliphatic imine (C=N–C) groups is 1. The van der Waals surface area contributed by atoms with Crippen molar-refractivity contribution >= 4 is 5.96 Å². The Morgan fingerprint density at radius 1 is 1.36 bits per heavy atom. The number of hydrogen-bond donors (Lipinski definition) is 2. The molecule has 1 aromatic carbocycles. The minimum Gasteiger partial charge on any atom is -0.492 e. The zero-order valence-corrected chi connectivity index (χ0v) is 13.0. The third-order valence-electron chi connectivity index (χ3n) is 3.04. The average molecular weight is 317 g/mol. The molecule has 0 radical (unpaired) electrons. The Balaban J connectivity index is 2.41. The number of nitrogens with zero attached hydrogens (tertiary/aromatic N) is 1. The second kappa shape index (κ2) is 8.51. The van der Waals surface area contributed by atoms with Crippen LogP contribution in [-0.4, -0.2) is 32.2 Å². The molecule has 0 amide bonds. The highest BCUT2D eigenvalue weighted by Crippen LogP contribution is 2.31. The van der Waals surface area contributed by atoms with E-state index in [1.807, 2.05) is 6.92 Å². The maximum absolute atomic E-state index is 12.6. The molecule has 0 aromatic heterocycles. The predicted octanol–water partition coefficient (Wildman–Crippen LogP) is 3.05. The fraction of sp³-hybridized carbons (Fsp3) is 0.533. The highest BCUT2D eigenvalue weighted by Gasteiger charge is 2.30. The Labute approximate surface area is 128 Å². The first-order chi connectivity index (χ1) is 10.4. The van der Waals surface area contributed by atoms with Crippen LogP contribution in [-0.2, 0) is 6.18 Å². The summed E-state index contributed by atoms with van der Waals surface area (Å²) in [5.41, 5.74) is -0.716. The molecule has 0 aliphatic heterocycles. The molecule has 0 aliphatic carbocycles. The highest BCUT2D eigenvalue weighted by molar-refractivity contribution is 5.79. The van der Waals surface area contributed by atoms with Gasteiger partial charge in [0, 0.05) is 13.1 Å². The van der Waals surface area contributed by atoms with Crippen molar-refractivity contribution in [3.8, 4) is 5.75 Å². The molecule has 4 nitrogen and oxygen atoms in total. The monoisotopic (exact) mass is 317 g/mol. The van der Waals surface area contributed by atoms with Crippen molar-refractivity contribution in [3.63, 3.8) is 0 Å². The van der Waals surface area contributed by atoms with Crippen LogP contribution in [0.2, 0.25) is 0 Å². The lowest BCUT2D eigenvalue weighted by atomic mass is 10.2. The van der Waals surface area contributed by atoms with E-state index in [2.05, 4.69) is 22.5 Å². The molecule has 0 bridgehead atoms. The summed E-state index contributed by atoms with van der Waals surface area (Å²) in [7, 11) is 1.66. The lowest BCUT2D eigenvalue weighted by Crippen LogP contribution is -2.43. The van der Waals surface area contributed by atoms with Crippen LogP contribution < -0.4 is 15.4 Å². The summed E-state index contributed by atoms with van der Waals surface area (Å²) in [5.74, 6) is 0.837. The number of halogens is 3. The first-order valence-electron chi connectivity index (χ1n) is 7.14. The van der Waals surface area contributed by atoms with E-state index >= 15 is 0 Å². The van der Waals surface area contributed by atoms with Gasteiger partial charge in [-0.15, -0.1) is 0 Å². The van der Waals surface area contributed by atoms with Crippen LogP contribution >= 0.6 is 0 Å². The van der Waals surface area contributed by atoms with Crippen molar-refractivity contribution in [2.24, 2.45) is 4.99 Å². The SMILES string of the molecule is CCC(C)NC(=NC)NCCOc1cccc(C(F)(F)F)c1. The number of guanidine groups is 1. The molecule has 1 aromatic rings. The number of alkyl halides is 3. The Kier molecular flexibility index (Phi) is 7.01. The van der Waals surface area contributed by atoms with Crippen LogP contribution in [0.3, 0.4) is 0 Å². The zero-order chi connectivity index (χ0) is 16.6. The Hall–Kier alpha value is -1.92. The molecule has 22 heavy (non-hydrogen) atoms. The molecular weight excluding hydrogens is 295 g/mol. The molecule has 0 saturated carbocycles. The van der Waals surface area contributed by atoms with Crippen LogP contribution in [0.15, 0.2) is 29.3 Å². The zero-order valence-electron chi connectivity index (χ0n) is 13.0. The molecule has 7 heteroatoms. The van der Waals surface area contributed by atoms with Gasteiger partial charge in [-0.1, -0.05) is 13.0 Å². The van der Waals surface area contributed by atoms with Crippen LogP contribution in [0, 0.1) is 0 Å².